The third-order valence-electron chi connectivity index (χ3n) is 5.48. The number of fused-ring (bicyclic) bond motifs is 1. The molecule has 2 aromatic rings. The maximum absolute atomic E-state index is 13.7. The Labute approximate surface area is 166 Å². The number of alkyl halides is 3. The van der Waals surface area contributed by atoms with Crippen molar-refractivity contribution in [1.82, 2.24) is 15.1 Å². The number of aromatic nitrogens is 2. The second kappa shape index (κ2) is 7.70. The van der Waals surface area contributed by atoms with Crippen molar-refractivity contribution in [1.29, 1.82) is 0 Å². The van der Waals surface area contributed by atoms with Crippen LogP contribution in [0.15, 0.2) is 30.5 Å². The van der Waals surface area contributed by atoms with Crippen LogP contribution in [-0.2, 0) is 4.74 Å². The topological polar surface area (TPSA) is 68.2 Å². The van der Waals surface area contributed by atoms with E-state index in [1.807, 2.05) is 31.2 Å². The molecule has 4 rings (SSSR count). The number of amides is 1. The largest absolute Gasteiger partial charge is 0.410 e. The molecule has 1 aromatic heterocycles. The van der Waals surface area contributed by atoms with Gasteiger partial charge in [-0.3, -0.25) is 4.79 Å². The molecule has 2 N–H and O–H groups in total. The van der Waals surface area contributed by atoms with Crippen molar-refractivity contribution >= 4 is 11.7 Å². The number of anilines is 1. The Kier molecular flexibility index (Phi) is 5.24. The molecule has 6 nitrogen and oxygen atoms in total. The van der Waals surface area contributed by atoms with E-state index in [9.17, 15) is 18.0 Å². The fourth-order valence-electron chi connectivity index (χ4n) is 3.85. The Morgan fingerprint density at radius 1 is 1.34 bits per heavy atom. The van der Waals surface area contributed by atoms with Gasteiger partial charge in [0.05, 0.1) is 18.3 Å². The molecule has 156 valence electrons. The van der Waals surface area contributed by atoms with Crippen molar-refractivity contribution in [3.8, 4) is 0 Å². The number of ether oxygens (including phenoxy) is 1. The normalized spacial score (nSPS) is 24.1. The SMILES string of the molecule is Cc1ccc([C@@H]2C[C@H](C(F)(F)F)n3ncc(C(=O)NC[C@@H]4CCCO4)c3N2)cc1. The molecule has 0 saturated carbocycles. The fraction of sp³-hybridized carbons (Fsp3) is 0.500. The van der Waals surface area contributed by atoms with E-state index in [1.54, 1.807) is 0 Å². The van der Waals surface area contributed by atoms with Gasteiger partial charge in [-0.25, -0.2) is 4.68 Å². The number of benzene rings is 1. The van der Waals surface area contributed by atoms with Crippen LogP contribution >= 0.6 is 0 Å². The van der Waals surface area contributed by atoms with Crippen molar-refractivity contribution in [2.45, 2.75) is 50.6 Å². The number of carbonyl (C=O) groups is 1. The minimum atomic E-state index is -4.47. The van der Waals surface area contributed by atoms with Crippen LogP contribution in [0.2, 0.25) is 0 Å². The van der Waals surface area contributed by atoms with Gasteiger partial charge >= 0.3 is 6.18 Å². The highest BCUT2D eigenvalue weighted by Gasteiger charge is 2.47. The fourth-order valence-corrected chi connectivity index (χ4v) is 3.85. The summed E-state index contributed by atoms with van der Waals surface area (Å²) in [7, 11) is 0. The molecule has 0 unspecified atom stereocenters. The predicted molar refractivity (Wildman–Crippen MR) is 101 cm³/mol. The lowest BCUT2D eigenvalue weighted by molar-refractivity contribution is -0.173. The average Bonchev–Trinajstić information content (AvgIpc) is 3.35. The Balaban J connectivity index is 1.60. The lowest BCUT2D eigenvalue weighted by Gasteiger charge is -2.34. The molecule has 9 heteroatoms. The number of nitrogens with one attached hydrogen (secondary N) is 2. The summed E-state index contributed by atoms with van der Waals surface area (Å²) in [6.45, 7) is 2.91. The third-order valence-corrected chi connectivity index (χ3v) is 5.48. The first kappa shape index (κ1) is 19.8. The third kappa shape index (κ3) is 4.10. The van der Waals surface area contributed by atoms with Gasteiger partial charge in [0.1, 0.15) is 11.4 Å². The summed E-state index contributed by atoms with van der Waals surface area (Å²) in [4.78, 5) is 12.6. The zero-order valence-electron chi connectivity index (χ0n) is 16.0. The number of rotatable bonds is 4. The van der Waals surface area contributed by atoms with Crippen LogP contribution in [0.1, 0.15) is 52.8 Å². The summed E-state index contributed by atoms with van der Waals surface area (Å²) in [5, 5.41) is 9.74. The molecule has 29 heavy (non-hydrogen) atoms. The van der Waals surface area contributed by atoms with Gasteiger partial charge < -0.3 is 15.4 Å². The van der Waals surface area contributed by atoms with Crippen molar-refractivity contribution in [2.24, 2.45) is 0 Å². The number of halogens is 3. The van der Waals surface area contributed by atoms with E-state index in [4.69, 9.17) is 4.74 Å². The Bertz CT molecular complexity index is 873. The molecule has 3 heterocycles. The standard InChI is InChI=1S/C20H23F3N4O2/c1-12-4-6-13(7-5-12)16-9-17(20(21,22)23)27-18(26-16)15(11-25-27)19(28)24-10-14-3-2-8-29-14/h4-7,11,14,16-17,26H,2-3,8-10H2,1H3,(H,24,28)/t14-,16-,17+/m0/s1. The first-order chi connectivity index (χ1) is 13.8. The van der Waals surface area contributed by atoms with E-state index >= 15 is 0 Å². The maximum atomic E-state index is 13.7. The average molecular weight is 408 g/mol. The summed E-state index contributed by atoms with van der Waals surface area (Å²) >= 11 is 0. The molecular weight excluding hydrogens is 385 g/mol. The van der Waals surface area contributed by atoms with E-state index in [2.05, 4.69) is 15.7 Å². The van der Waals surface area contributed by atoms with Crippen molar-refractivity contribution in [3.63, 3.8) is 0 Å². The highest BCUT2D eigenvalue weighted by Crippen LogP contribution is 2.44. The Hall–Kier alpha value is -2.55. The second-order valence-electron chi connectivity index (χ2n) is 7.60. The van der Waals surface area contributed by atoms with Gasteiger partial charge in [-0.1, -0.05) is 29.8 Å². The van der Waals surface area contributed by atoms with Gasteiger partial charge in [0, 0.05) is 19.6 Å². The zero-order valence-corrected chi connectivity index (χ0v) is 16.0. The first-order valence-corrected chi connectivity index (χ1v) is 9.70. The Morgan fingerprint density at radius 2 is 2.10 bits per heavy atom. The summed E-state index contributed by atoms with van der Waals surface area (Å²) < 4.78 is 47.6. The molecule has 3 atom stereocenters. The summed E-state index contributed by atoms with van der Waals surface area (Å²) in [6, 6.07) is 4.97. The van der Waals surface area contributed by atoms with Crippen LogP contribution in [-0.4, -0.2) is 41.1 Å². The van der Waals surface area contributed by atoms with Gasteiger partial charge in [0.15, 0.2) is 6.04 Å². The zero-order chi connectivity index (χ0) is 20.6. The van der Waals surface area contributed by atoms with Gasteiger partial charge in [-0.15, -0.1) is 0 Å². The summed E-state index contributed by atoms with van der Waals surface area (Å²) in [6.07, 6.45) is -1.73. The lowest BCUT2D eigenvalue weighted by atomic mass is 9.96. The van der Waals surface area contributed by atoms with E-state index in [0.717, 1.165) is 28.7 Å². The summed E-state index contributed by atoms with van der Waals surface area (Å²) in [5.41, 5.74) is 1.87. The van der Waals surface area contributed by atoms with Crippen LogP contribution in [0.3, 0.4) is 0 Å². The quantitative estimate of drug-likeness (QED) is 0.808. The molecule has 1 saturated heterocycles. The van der Waals surface area contributed by atoms with Crippen LogP contribution in [0, 0.1) is 6.92 Å². The Morgan fingerprint density at radius 3 is 2.76 bits per heavy atom. The molecule has 1 fully saturated rings. The molecular formula is C20H23F3N4O2. The van der Waals surface area contributed by atoms with Gasteiger partial charge in [0.2, 0.25) is 0 Å². The van der Waals surface area contributed by atoms with Crippen molar-refractivity contribution in [3.05, 3.63) is 47.2 Å². The monoisotopic (exact) mass is 408 g/mol. The highest BCUT2D eigenvalue weighted by atomic mass is 19.4. The van der Waals surface area contributed by atoms with Crippen LogP contribution in [0.25, 0.3) is 0 Å². The van der Waals surface area contributed by atoms with Gasteiger partial charge in [-0.05, 0) is 25.3 Å². The molecule has 2 aliphatic rings. The second-order valence-corrected chi connectivity index (χ2v) is 7.60. The minimum absolute atomic E-state index is 0.0541. The number of carbonyl (C=O) groups excluding carboxylic acids is 1. The number of hydrogen-bond donors (Lipinski definition) is 2. The van der Waals surface area contributed by atoms with Crippen LogP contribution in [0.4, 0.5) is 19.0 Å². The number of aryl methyl sites for hydroxylation is 1. The lowest BCUT2D eigenvalue weighted by Crippen LogP contribution is -2.37. The minimum Gasteiger partial charge on any atom is -0.376 e. The molecule has 0 radical (unpaired) electrons. The van der Waals surface area contributed by atoms with Crippen molar-refractivity contribution in [2.75, 3.05) is 18.5 Å². The van der Waals surface area contributed by atoms with E-state index in [-0.39, 0.29) is 23.9 Å². The van der Waals surface area contributed by atoms with Crippen LogP contribution in [0.5, 0.6) is 0 Å². The highest BCUT2D eigenvalue weighted by molar-refractivity contribution is 5.98. The molecule has 2 aliphatic heterocycles. The van der Waals surface area contributed by atoms with Crippen LogP contribution < -0.4 is 10.6 Å². The van der Waals surface area contributed by atoms with Gasteiger partial charge in [0.25, 0.3) is 5.91 Å². The molecule has 0 aliphatic carbocycles. The molecule has 1 amide bonds. The molecule has 0 bridgehead atoms. The maximum Gasteiger partial charge on any atom is 0.410 e. The predicted octanol–water partition coefficient (Wildman–Crippen LogP) is 3.76. The van der Waals surface area contributed by atoms with E-state index in [0.29, 0.717) is 13.2 Å². The van der Waals surface area contributed by atoms with E-state index in [1.165, 1.54) is 6.20 Å². The van der Waals surface area contributed by atoms with Crippen molar-refractivity contribution < 1.29 is 22.7 Å². The molecule has 0 spiro atoms. The van der Waals surface area contributed by atoms with Gasteiger partial charge in [-0.2, -0.15) is 18.3 Å². The first-order valence-electron chi connectivity index (χ1n) is 9.70. The molecule has 1 aromatic carbocycles. The van der Waals surface area contributed by atoms with E-state index < -0.39 is 24.2 Å². The number of nitrogens with zero attached hydrogens (tertiary/aromatic N) is 2. The smallest absolute Gasteiger partial charge is 0.376 e. The summed E-state index contributed by atoms with van der Waals surface area (Å²) in [5.74, 6) is -0.367. The number of hydrogen-bond acceptors (Lipinski definition) is 4.